The van der Waals surface area contributed by atoms with E-state index in [1.165, 1.54) is 19.2 Å². The van der Waals surface area contributed by atoms with Gasteiger partial charge in [-0.05, 0) is 48.6 Å². The third-order valence-corrected chi connectivity index (χ3v) is 6.04. The molecule has 3 N–H and O–H groups in total. The summed E-state index contributed by atoms with van der Waals surface area (Å²) in [5.74, 6) is 0.362. The molecule has 2 fully saturated rings. The standard InChI is InChI=1S/C23H28F3N7O2/c1-27-21(34)17-4-5-18(20(30-17)23(24,25)26)33-10-8-32(9-11-33)14-16-6-7-28-19(12-16)31-22(35)29-13-15-2-3-15/h4-7,12,15H,2-3,8-11,13-14H2,1H3,(H,27,34)(H2,28,29,31,35). The molecule has 9 nitrogen and oxygen atoms in total. The molecule has 2 aromatic heterocycles. The van der Waals surface area contributed by atoms with Crippen molar-refractivity contribution in [3.63, 3.8) is 0 Å². The van der Waals surface area contributed by atoms with E-state index in [4.69, 9.17) is 0 Å². The first-order valence-electron chi connectivity index (χ1n) is 11.5. The highest BCUT2D eigenvalue weighted by atomic mass is 19.4. The van der Waals surface area contributed by atoms with Crippen LogP contribution < -0.4 is 20.9 Å². The normalized spacial score (nSPS) is 16.6. The molecule has 1 aliphatic heterocycles. The number of hydrogen-bond donors (Lipinski definition) is 3. The summed E-state index contributed by atoms with van der Waals surface area (Å²) < 4.78 is 41.0. The maximum Gasteiger partial charge on any atom is 0.435 e. The van der Waals surface area contributed by atoms with Crippen molar-refractivity contribution in [3.8, 4) is 0 Å². The molecule has 0 atom stereocenters. The number of carbonyl (C=O) groups excluding carboxylic acids is 2. The van der Waals surface area contributed by atoms with Crippen LogP contribution in [0.5, 0.6) is 0 Å². The van der Waals surface area contributed by atoms with Crippen molar-refractivity contribution in [2.24, 2.45) is 5.92 Å². The topological polar surface area (TPSA) is 102 Å². The van der Waals surface area contributed by atoms with Gasteiger partial charge in [0.25, 0.3) is 5.91 Å². The van der Waals surface area contributed by atoms with Crippen molar-refractivity contribution in [2.75, 3.05) is 50.0 Å². The highest BCUT2D eigenvalue weighted by Crippen LogP contribution is 2.36. The van der Waals surface area contributed by atoms with Crippen LogP contribution in [0.25, 0.3) is 0 Å². The molecule has 0 aromatic carbocycles. The average Bonchev–Trinajstić information content (AvgIpc) is 3.67. The zero-order valence-corrected chi connectivity index (χ0v) is 19.4. The molecule has 188 valence electrons. The van der Waals surface area contributed by atoms with Gasteiger partial charge in [-0.15, -0.1) is 0 Å². The Balaban J connectivity index is 1.35. The average molecular weight is 492 g/mol. The predicted molar refractivity (Wildman–Crippen MR) is 124 cm³/mol. The number of pyridine rings is 2. The number of anilines is 2. The molecule has 2 aliphatic rings. The number of aromatic nitrogens is 2. The Morgan fingerprint density at radius 3 is 2.51 bits per heavy atom. The Labute approximate surface area is 201 Å². The summed E-state index contributed by atoms with van der Waals surface area (Å²) in [6.45, 7) is 3.08. The molecule has 1 saturated heterocycles. The van der Waals surface area contributed by atoms with Crippen LogP contribution in [0.1, 0.15) is 34.6 Å². The number of amides is 3. The second-order valence-corrected chi connectivity index (χ2v) is 8.73. The Morgan fingerprint density at radius 2 is 1.86 bits per heavy atom. The number of nitrogens with one attached hydrogen (secondary N) is 3. The number of alkyl halides is 3. The second-order valence-electron chi connectivity index (χ2n) is 8.73. The number of carbonyl (C=O) groups is 2. The minimum absolute atomic E-state index is 0.0302. The maximum absolute atomic E-state index is 13.7. The minimum atomic E-state index is -4.68. The Bertz CT molecular complexity index is 1070. The fraction of sp³-hybridized carbons (Fsp3) is 0.478. The van der Waals surface area contributed by atoms with Gasteiger partial charge in [0.2, 0.25) is 0 Å². The van der Waals surface area contributed by atoms with Gasteiger partial charge in [-0.2, -0.15) is 13.2 Å². The summed E-state index contributed by atoms with van der Waals surface area (Å²) in [4.78, 5) is 35.3. The van der Waals surface area contributed by atoms with E-state index in [0.29, 0.717) is 51.0 Å². The maximum atomic E-state index is 13.7. The molecule has 3 heterocycles. The molecule has 0 spiro atoms. The summed E-state index contributed by atoms with van der Waals surface area (Å²) in [5, 5.41) is 7.86. The lowest BCUT2D eigenvalue weighted by molar-refractivity contribution is -0.140. The number of halogens is 3. The summed E-state index contributed by atoms with van der Waals surface area (Å²) in [5.41, 5.74) is -0.418. The van der Waals surface area contributed by atoms with Crippen LogP contribution in [0.4, 0.5) is 29.5 Å². The fourth-order valence-electron chi connectivity index (χ4n) is 3.94. The zero-order valence-electron chi connectivity index (χ0n) is 19.4. The van der Waals surface area contributed by atoms with Crippen LogP contribution in [-0.2, 0) is 12.7 Å². The van der Waals surface area contributed by atoms with Crippen LogP contribution >= 0.6 is 0 Å². The monoisotopic (exact) mass is 491 g/mol. The lowest BCUT2D eigenvalue weighted by atomic mass is 10.1. The molecule has 1 saturated carbocycles. The minimum Gasteiger partial charge on any atom is -0.367 e. The Kier molecular flexibility index (Phi) is 7.39. The second kappa shape index (κ2) is 10.5. The van der Waals surface area contributed by atoms with Gasteiger partial charge in [0.05, 0.1) is 5.69 Å². The largest absolute Gasteiger partial charge is 0.435 e. The summed E-state index contributed by atoms with van der Waals surface area (Å²) in [6.07, 6.45) is -0.757. The highest BCUT2D eigenvalue weighted by molar-refractivity contribution is 5.92. The summed E-state index contributed by atoms with van der Waals surface area (Å²) in [6, 6.07) is 5.98. The molecule has 3 amide bonds. The third-order valence-electron chi connectivity index (χ3n) is 6.04. The lowest BCUT2D eigenvalue weighted by Crippen LogP contribution is -2.46. The number of urea groups is 1. The van der Waals surface area contributed by atoms with E-state index in [0.717, 1.165) is 18.4 Å². The van der Waals surface area contributed by atoms with E-state index in [9.17, 15) is 22.8 Å². The number of piperazine rings is 1. The van der Waals surface area contributed by atoms with Crippen LogP contribution in [0.2, 0.25) is 0 Å². The van der Waals surface area contributed by atoms with E-state index in [-0.39, 0.29) is 17.4 Å². The van der Waals surface area contributed by atoms with Gasteiger partial charge < -0.3 is 15.5 Å². The van der Waals surface area contributed by atoms with Gasteiger partial charge in [-0.25, -0.2) is 14.8 Å². The molecule has 35 heavy (non-hydrogen) atoms. The third kappa shape index (κ3) is 6.59. The van der Waals surface area contributed by atoms with Gasteiger partial charge in [-0.3, -0.25) is 15.0 Å². The first-order valence-corrected chi connectivity index (χ1v) is 11.5. The van der Waals surface area contributed by atoms with Gasteiger partial charge in [0.1, 0.15) is 11.5 Å². The van der Waals surface area contributed by atoms with Gasteiger partial charge in [-0.1, -0.05) is 0 Å². The van der Waals surface area contributed by atoms with Crippen LogP contribution in [0.15, 0.2) is 30.5 Å². The van der Waals surface area contributed by atoms with Crippen molar-refractivity contribution < 1.29 is 22.8 Å². The Hall–Kier alpha value is -3.41. The van der Waals surface area contributed by atoms with E-state index in [2.05, 4.69) is 30.8 Å². The molecular weight excluding hydrogens is 463 g/mol. The van der Waals surface area contributed by atoms with Crippen molar-refractivity contribution in [2.45, 2.75) is 25.6 Å². The van der Waals surface area contributed by atoms with Crippen molar-refractivity contribution in [1.82, 2.24) is 25.5 Å². The summed E-state index contributed by atoms with van der Waals surface area (Å²) in [7, 11) is 1.34. The molecule has 0 unspecified atom stereocenters. The molecular formula is C23H28F3N7O2. The summed E-state index contributed by atoms with van der Waals surface area (Å²) >= 11 is 0. The van der Waals surface area contributed by atoms with Crippen molar-refractivity contribution in [1.29, 1.82) is 0 Å². The van der Waals surface area contributed by atoms with Crippen LogP contribution in [0.3, 0.4) is 0 Å². The van der Waals surface area contributed by atoms with Crippen LogP contribution in [-0.4, -0.2) is 66.6 Å². The molecule has 1 aliphatic carbocycles. The molecule has 4 rings (SSSR count). The number of nitrogens with zero attached hydrogens (tertiary/aromatic N) is 4. The lowest BCUT2D eigenvalue weighted by Gasteiger charge is -2.37. The van der Waals surface area contributed by atoms with Crippen LogP contribution in [0, 0.1) is 5.92 Å². The first-order chi connectivity index (χ1) is 16.7. The Morgan fingerprint density at radius 1 is 1.11 bits per heavy atom. The van der Waals surface area contributed by atoms with Gasteiger partial charge in [0.15, 0.2) is 5.69 Å². The zero-order chi connectivity index (χ0) is 25.0. The van der Waals surface area contributed by atoms with Crippen molar-refractivity contribution >= 4 is 23.4 Å². The first kappa shape index (κ1) is 24.7. The SMILES string of the molecule is CNC(=O)c1ccc(N2CCN(Cc3ccnc(NC(=O)NCC4CC4)c3)CC2)c(C(F)(F)F)n1. The quantitative estimate of drug-likeness (QED) is 0.551. The van der Waals surface area contributed by atoms with Gasteiger partial charge >= 0.3 is 12.2 Å². The number of rotatable bonds is 7. The molecule has 12 heteroatoms. The molecule has 0 radical (unpaired) electrons. The van der Waals surface area contributed by atoms with E-state index in [1.54, 1.807) is 17.2 Å². The number of hydrogen-bond acceptors (Lipinski definition) is 6. The highest BCUT2D eigenvalue weighted by Gasteiger charge is 2.38. The van der Waals surface area contributed by atoms with E-state index >= 15 is 0 Å². The van der Waals surface area contributed by atoms with E-state index < -0.39 is 17.8 Å². The molecule has 2 aromatic rings. The molecule has 0 bridgehead atoms. The fourth-order valence-corrected chi connectivity index (χ4v) is 3.94. The van der Waals surface area contributed by atoms with Gasteiger partial charge in [0, 0.05) is 52.5 Å². The predicted octanol–water partition coefficient (Wildman–Crippen LogP) is 2.71. The van der Waals surface area contributed by atoms with E-state index in [1.807, 2.05) is 6.07 Å². The smallest absolute Gasteiger partial charge is 0.367 e. The van der Waals surface area contributed by atoms with Crippen molar-refractivity contribution in [3.05, 3.63) is 47.4 Å².